The molecule has 0 aliphatic rings. The van der Waals surface area contributed by atoms with Crippen LogP contribution in [0.2, 0.25) is 0 Å². The largest absolute Gasteiger partial charge is 0.316 e. The van der Waals surface area contributed by atoms with E-state index in [1.165, 1.54) is 16.9 Å². The number of hydrogen-bond donors (Lipinski definition) is 1. The van der Waals surface area contributed by atoms with Gasteiger partial charge in [0.1, 0.15) is 0 Å². The van der Waals surface area contributed by atoms with Gasteiger partial charge in [0.25, 0.3) is 0 Å². The molecule has 20 heavy (non-hydrogen) atoms. The highest BCUT2D eigenvalue weighted by atomic mass is 32.1. The van der Waals surface area contributed by atoms with E-state index in [1.54, 1.807) is 0 Å². The molecule has 1 aromatic carbocycles. The molecule has 0 saturated heterocycles. The summed E-state index contributed by atoms with van der Waals surface area (Å²) in [6, 6.07) is 15.4. The maximum absolute atomic E-state index is 3.64. The zero-order valence-corrected chi connectivity index (χ0v) is 13.4. The summed E-state index contributed by atoms with van der Waals surface area (Å²) in [5.41, 5.74) is 1.67. The van der Waals surface area contributed by atoms with E-state index in [0.29, 0.717) is 0 Å². The van der Waals surface area contributed by atoms with Crippen molar-refractivity contribution in [2.75, 3.05) is 13.1 Å². The molecule has 0 amide bonds. The van der Waals surface area contributed by atoms with Crippen LogP contribution in [0.1, 0.15) is 37.1 Å². The fourth-order valence-electron chi connectivity index (χ4n) is 2.76. The summed E-state index contributed by atoms with van der Waals surface area (Å²) in [4.78, 5) is 1.48. The van der Waals surface area contributed by atoms with Gasteiger partial charge < -0.3 is 5.32 Å². The van der Waals surface area contributed by atoms with Gasteiger partial charge in [-0.1, -0.05) is 50.2 Å². The van der Waals surface area contributed by atoms with Crippen molar-refractivity contribution in [1.29, 1.82) is 0 Å². The summed E-state index contributed by atoms with van der Waals surface area (Å²) in [7, 11) is 0. The molecule has 2 aromatic rings. The highest BCUT2D eigenvalue weighted by molar-refractivity contribution is 7.09. The maximum Gasteiger partial charge on any atom is 0.0123 e. The zero-order valence-electron chi connectivity index (χ0n) is 12.6. The summed E-state index contributed by atoms with van der Waals surface area (Å²) < 4.78 is 0. The van der Waals surface area contributed by atoms with Gasteiger partial charge in [-0.2, -0.15) is 0 Å². The van der Waals surface area contributed by atoms with Crippen LogP contribution < -0.4 is 5.32 Å². The average molecular weight is 287 g/mol. The van der Waals surface area contributed by atoms with Crippen LogP contribution in [0.5, 0.6) is 0 Å². The molecule has 1 nitrogen and oxygen atoms in total. The van der Waals surface area contributed by atoms with Gasteiger partial charge in [0.05, 0.1) is 0 Å². The number of benzene rings is 1. The molecule has 108 valence electrons. The second kappa shape index (κ2) is 7.61. The van der Waals surface area contributed by atoms with Gasteiger partial charge in [0.2, 0.25) is 0 Å². The van der Waals surface area contributed by atoms with E-state index in [2.05, 4.69) is 67.0 Å². The Kier molecular flexibility index (Phi) is 5.81. The van der Waals surface area contributed by atoms with Gasteiger partial charge in [0.15, 0.2) is 0 Å². The number of rotatable bonds is 8. The predicted octanol–water partition coefficient (Wildman–Crippen LogP) is 4.64. The first-order valence-corrected chi connectivity index (χ1v) is 8.47. The van der Waals surface area contributed by atoms with Gasteiger partial charge in [-0.3, -0.25) is 0 Å². The van der Waals surface area contributed by atoms with Crippen LogP contribution in [0.25, 0.3) is 0 Å². The second-order valence-electron chi connectivity index (χ2n) is 5.43. The summed E-state index contributed by atoms with van der Waals surface area (Å²) >= 11 is 1.87. The van der Waals surface area contributed by atoms with Crippen molar-refractivity contribution in [3.05, 3.63) is 58.3 Å². The molecule has 1 N–H and O–H groups in total. The van der Waals surface area contributed by atoms with Crippen LogP contribution in [0.3, 0.4) is 0 Å². The number of hydrogen-bond acceptors (Lipinski definition) is 2. The lowest BCUT2D eigenvalue weighted by Crippen LogP contribution is -2.39. The molecule has 1 heterocycles. The quantitative estimate of drug-likeness (QED) is 0.698. The minimum atomic E-state index is 0.210. The Hall–Kier alpha value is -1.12. The fraction of sp³-hybridized carbons (Fsp3) is 0.444. The molecule has 0 fully saturated rings. The van der Waals surface area contributed by atoms with Crippen molar-refractivity contribution in [2.45, 2.75) is 38.5 Å². The summed E-state index contributed by atoms with van der Waals surface area (Å²) in [5.74, 6) is 0. The topological polar surface area (TPSA) is 12.0 Å². The van der Waals surface area contributed by atoms with Crippen molar-refractivity contribution >= 4 is 11.3 Å². The Morgan fingerprint density at radius 3 is 2.45 bits per heavy atom. The highest BCUT2D eigenvalue weighted by Gasteiger charge is 2.30. The highest BCUT2D eigenvalue weighted by Crippen LogP contribution is 2.33. The molecule has 0 bridgehead atoms. The first-order valence-electron chi connectivity index (χ1n) is 7.59. The Labute approximate surface area is 127 Å². The first-order chi connectivity index (χ1) is 9.80. The Morgan fingerprint density at radius 2 is 1.85 bits per heavy atom. The van der Waals surface area contributed by atoms with E-state index in [-0.39, 0.29) is 5.41 Å². The van der Waals surface area contributed by atoms with Crippen LogP contribution >= 0.6 is 11.3 Å². The van der Waals surface area contributed by atoms with Crippen LogP contribution in [-0.2, 0) is 11.8 Å². The van der Waals surface area contributed by atoms with E-state index in [1.807, 2.05) is 11.3 Å². The summed E-state index contributed by atoms with van der Waals surface area (Å²) in [6.45, 7) is 6.69. The lowest BCUT2D eigenvalue weighted by molar-refractivity contribution is 0.380. The van der Waals surface area contributed by atoms with Crippen molar-refractivity contribution in [1.82, 2.24) is 5.32 Å². The Morgan fingerprint density at radius 1 is 1.05 bits per heavy atom. The fourth-order valence-corrected chi connectivity index (χ4v) is 3.61. The van der Waals surface area contributed by atoms with E-state index < -0.39 is 0 Å². The molecule has 0 aliphatic heterocycles. The van der Waals surface area contributed by atoms with Gasteiger partial charge in [-0.05, 0) is 42.8 Å². The smallest absolute Gasteiger partial charge is 0.0123 e. The second-order valence-corrected chi connectivity index (χ2v) is 6.47. The van der Waals surface area contributed by atoms with Crippen molar-refractivity contribution < 1.29 is 0 Å². The van der Waals surface area contributed by atoms with Crippen LogP contribution in [0, 0.1) is 0 Å². The molecule has 1 unspecified atom stereocenters. The van der Waals surface area contributed by atoms with Crippen molar-refractivity contribution in [3.63, 3.8) is 0 Å². The third-order valence-corrected chi connectivity index (χ3v) is 4.92. The Balaban J connectivity index is 2.25. The third kappa shape index (κ3) is 3.71. The molecule has 0 spiro atoms. The molecule has 0 aliphatic carbocycles. The monoisotopic (exact) mass is 287 g/mol. The lowest BCUT2D eigenvalue weighted by atomic mass is 9.75. The molecule has 1 aromatic heterocycles. The lowest BCUT2D eigenvalue weighted by Gasteiger charge is -2.34. The van der Waals surface area contributed by atoms with Crippen LogP contribution in [-0.4, -0.2) is 13.1 Å². The summed E-state index contributed by atoms with van der Waals surface area (Å²) in [6.07, 6.45) is 3.47. The summed E-state index contributed by atoms with van der Waals surface area (Å²) in [5, 5.41) is 5.82. The van der Waals surface area contributed by atoms with E-state index in [0.717, 1.165) is 25.9 Å². The molecule has 0 radical (unpaired) electrons. The van der Waals surface area contributed by atoms with Crippen LogP contribution in [0.15, 0.2) is 47.8 Å². The third-order valence-electron chi connectivity index (χ3n) is 4.05. The van der Waals surface area contributed by atoms with E-state index in [9.17, 15) is 0 Å². The van der Waals surface area contributed by atoms with Crippen molar-refractivity contribution in [3.8, 4) is 0 Å². The van der Waals surface area contributed by atoms with E-state index in [4.69, 9.17) is 0 Å². The molecule has 1 atom stereocenters. The first kappa shape index (κ1) is 15.3. The molecule has 0 saturated carbocycles. The van der Waals surface area contributed by atoms with Gasteiger partial charge in [-0.25, -0.2) is 0 Å². The normalized spacial score (nSPS) is 14.1. The maximum atomic E-state index is 3.64. The van der Waals surface area contributed by atoms with Crippen LogP contribution in [0.4, 0.5) is 0 Å². The SMILES string of the molecule is CCCNCC(CC)(Cc1cccs1)c1ccccc1. The molecular weight excluding hydrogens is 262 g/mol. The van der Waals surface area contributed by atoms with Gasteiger partial charge in [-0.15, -0.1) is 11.3 Å². The van der Waals surface area contributed by atoms with Gasteiger partial charge >= 0.3 is 0 Å². The standard InChI is InChI=1S/C18H25NS/c1-3-12-19-15-18(4-2,14-17-11-8-13-20-17)16-9-6-5-7-10-16/h5-11,13,19H,3-4,12,14-15H2,1-2H3. The molecular formula is C18H25NS. The average Bonchev–Trinajstić information content (AvgIpc) is 3.00. The molecule has 2 rings (SSSR count). The van der Waals surface area contributed by atoms with E-state index >= 15 is 0 Å². The van der Waals surface area contributed by atoms with Crippen molar-refractivity contribution in [2.24, 2.45) is 0 Å². The number of thiophene rings is 1. The minimum absolute atomic E-state index is 0.210. The van der Waals surface area contributed by atoms with Gasteiger partial charge in [0, 0.05) is 16.8 Å². The minimum Gasteiger partial charge on any atom is -0.316 e. The number of nitrogens with one attached hydrogen (secondary N) is 1. The zero-order chi connectivity index (χ0) is 14.3. The predicted molar refractivity (Wildman–Crippen MR) is 89.6 cm³/mol. The Bertz CT molecular complexity index is 477. The molecule has 2 heteroatoms.